The van der Waals surface area contributed by atoms with E-state index in [2.05, 4.69) is 35.4 Å². The van der Waals surface area contributed by atoms with E-state index in [4.69, 9.17) is 5.73 Å². The van der Waals surface area contributed by atoms with E-state index in [-0.39, 0.29) is 5.54 Å². The van der Waals surface area contributed by atoms with Gasteiger partial charge in [-0.25, -0.2) is 0 Å². The van der Waals surface area contributed by atoms with Gasteiger partial charge in [0, 0.05) is 24.5 Å². The van der Waals surface area contributed by atoms with Gasteiger partial charge in [-0.15, -0.1) is 0 Å². The molecular weight excluding hydrogens is 234 g/mol. The molecule has 1 atom stereocenters. The molecule has 0 bridgehead atoms. The van der Waals surface area contributed by atoms with Gasteiger partial charge < -0.3 is 5.73 Å². The van der Waals surface area contributed by atoms with Crippen molar-refractivity contribution in [3.63, 3.8) is 0 Å². The molecule has 3 nitrogen and oxygen atoms in total. The summed E-state index contributed by atoms with van der Waals surface area (Å²) in [4.78, 5) is 0. The quantitative estimate of drug-likeness (QED) is 0.914. The van der Waals surface area contributed by atoms with Crippen molar-refractivity contribution in [2.75, 3.05) is 0 Å². The Hall–Kier alpha value is -1.61. The highest BCUT2D eigenvalue weighted by atomic mass is 15.2. The summed E-state index contributed by atoms with van der Waals surface area (Å²) in [6.07, 6.45) is 7.09. The van der Waals surface area contributed by atoms with Crippen LogP contribution in [0.2, 0.25) is 0 Å². The molecule has 3 rings (SSSR count). The Labute approximate surface area is 114 Å². The SMILES string of the molecule is Cn1nccc1CCC1(N)CCc2ccccc2C1. The molecule has 2 N–H and O–H groups in total. The first-order valence-electron chi connectivity index (χ1n) is 6.99. The van der Waals surface area contributed by atoms with Crippen molar-refractivity contribution in [2.45, 2.75) is 37.6 Å². The Bertz CT molecular complexity index is 573. The van der Waals surface area contributed by atoms with E-state index in [9.17, 15) is 0 Å². The highest BCUT2D eigenvalue weighted by molar-refractivity contribution is 5.32. The number of hydrogen-bond donors (Lipinski definition) is 1. The third-order valence-corrected chi connectivity index (χ3v) is 4.35. The minimum atomic E-state index is -0.0569. The summed E-state index contributed by atoms with van der Waals surface area (Å²) < 4.78 is 1.94. The lowest BCUT2D eigenvalue weighted by atomic mass is 9.76. The Morgan fingerprint density at radius 2 is 2.05 bits per heavy atom. The molecule has 1 aromatic heterocycles. The fraction of sp³-hybridized carbons (Fsp3) is 0.438. The smallest absolute Gasteiger partial charge is 0.0492 e. The lowest BCUT2D eigenvalue weighted by Gasteiger charge is -2.35. The zero-order valence-corrected chi connectivity index (χ0v) is 11.5. The van der Waals surface area contributed by atoms with E-state index in [0.29, 0.717) is 0 Å². The Kier molecular flexibility index (Phi) is 3.15. The molecule has 1 aliphatic carbocycles. The molecule has 1 heterocycles. The second-order valence-corrected chi connectivity index (χ2v) is 5.75. The Balaban J connectivity index is 1.70. The highest BCUT2D eigenvalue weighted by Crippen LogP contribution is 2.30. The van der Waals surface area contributed by atoms with Crippen LogP contribution in [-0.2, 0) is 26.3 Å². The summed E-state index contributed by atoms with van der Waals surface area (Å²) in [7, 11) is 1.99. The summed E-state index contributed by atoms with van der Waals surface area (Å²) in [5, 5.41) is 4.21. The van der Waals surface area contributed by atoms with E-state index in [1.54, 1.807) is 0 Å². The predicted octanol–water partition coefficient (Wildman–Crippen LogP) is 2.24. The molecule has 0 saturated carbocycles. The molecule has 0 amide bonds. The zero-order chi connectivity index (χ0) is 13.3. The molecule has 19 heavy (non-hydrogen) atoms. The second kappa shape index (κ2) is 4.82. The van der Waals surface area contributed by atoms with Crippen LogP contribution in [-0.4, -0.2) is 15.3 Å². The van der Waals surface area contributed by atoms with Gasteiger partial charge >= 0.3 is 0 Å². The van der Waals surface area contributed by atoms with Crippen LogP contribution in [0.15, 0.2) is 36.5 Å². The van der Waals surface area contributed by atoms with Crippen LogP contribution in [0.1, 0.15) is 29.7 Å². The molecule has 0 saturated heterocycles. The molecular formula is C16H21N3. The van der Waals surface area contributed by atoms with Crippen molar-refractivity contribution in [3.05, 3.63) is 53.3 Å². The van der Waals surface area contributed by atoms with Gasteiger partial charge in [-0.2, -0.15) is 5.10 Å². The van der Waals surface area contributed by atoms with Crippen LogP contribution in [0.25, 0.3) is 0 Å². The largest absolute Gasteiger partial charge is 0.325 e. The van der Waals surface area contributed by atoms with Gasteiger partial charge in [-0.1, -0.05) is 24.3 Å². The van der Waals surface area contributed by atoms with Gasteiger partial charge in [-0.05, 0) is 49.3 Å². The lowest BCUT2D eigenvalue weighted by molar-refractivity contribution is 0.343. The molecule has 100 valence electrons. The van der Waals surface area contributed by atoms with Crippen LogP contribution in [0.5, 0.6) is 0 Å². The number of hydrogen-bond acceptors (Lipinski definition) is 2. The molecule has 1 aliphatic rings. The molecule has 0 fully saturated rings. The van der Waals surface area contributed by atoms with E-state index >= 15 is 0 Å². The molecule has 1 unspecified atom stereocenters. The van der Waals surface area contributed by atoms with E-state index in [0.717, 1.165) is 32.1 Å². The van der Waals surface area contributed by atoms with E-state index in [1.165, 1.54) is 16.8 Å². The van der Waals surface area contributed by atoms with Crippen LogP contribution < -0.4 is 5.73 Å². The normalized spacial score (nSPS) is 22.2. The first kappa shape index (κ1) is 12.4. The van der Waals surface area contributed by atoms with Gasteiger partial charge in [0.1, 0.15) is 0 Å². The third kappa shape index (κ3) is 2.56. The summed E-state index contributed by atoms with van der Waals surface area (Å²) in [6.45, 7) is 0. The number of nitrogens with two attached hydrogens (primary N) is 1. The van der Waals surface area contributed by atoms with Crippen molar-refractivity contribution >= 4 is 0 Å². The first-order valence-corrected chi connectivity index (χ1v) is 6.99. The summed E-state index contributed by atoms with van der Waals surface area (Å²) in [6, 6.07) is 10.8. The average Bonchev–Trinajstić information content (AvgIpc) is 2.82. The van der Waals surface area contributed by atoms with Crippen molar-refractivity contribution in [1.82, 2.24) is 9.78 Å². The molecule has 3 heteroatoms. The number of rotatable bonds is 3. The average molecular weight is 255 g/mol. The van der Waals surface area contributed by atoms with Gasteiger partial charge in [0.15, 0.2) is 0 Å². The third-order valence-electron chi connectivity index (χ3n) is 4.35. The molecule has 0 aliphatic heterocycles. The van der Waals surface area contributed by atoms with Crippen LogP contribution in [0, 0.1) is 0 Å². The summed E-state index contributed by atoms with van der Waals surface area (Å²) >= 11 is 0. The van der Waals surface area contributed by atoms with Crippen molar-refractivity contribution < 1.29 is 0 Å². The maximum absolute atomic E-state index is 6.61. The van der Waals surface area contributed by atoms with Crippen LogP contribution in [0.4, 0.5) is 0 Å². The first-order chi connectivity index (χ1) is 9.16. The minimum absolute atomic E-state index is 0.0569. The van der Waals surface area contributed by atoms with Gasteiger partial charge in [0.05, 0.1) is 0 Å². The highest BCUT2D eigenvalue weighted by Gasteiger charge is 2.30. The number of aryl methyl sites for hydroxylation is 3. The Morgan fingerprint density at radius 3 is 2.79 bits per heavy atom. The van der Waals surface area contributed by atoms with Gasteiger partial charge in [-0.3, -0.25) is 4.68 Å². The van der Waals surface area contributed by atoms with Crippen LogP contribution >= 0.6 is 0 Å². The van der Waals surface area contributed by atoms with Crippen molar-refractivity contribution in [1.29, 1.82) is 0 Å². The van der Waals surface area contributed by atoms with Crippen molar-refractivity contribution in [3.8, 4) is 0 Å². The monoisotopic (exact) mass is 255 g/mol. The minimum Gasteiger partial charge on any atom is -0.325 e. The second-order valence-electron chi connectivity index (χ2n) is 5.75. The maximum atomic E-state index is 6.61. The summed E-state index contributed by atoms with van der Waals surface area (Å²) in [5.74, 6) is 0. The molecule has 0 spiro atoms. The number of benzene rings is 1. The number of nitrogens with zero attached hydrogens (tertiary/aromatic N) is 2. The van der Waals surface area contributed by atoms with E-state index in [1.807, 2.05) is 17.9 Å². The molecule has 0 radical (unpaired) electrons. The summed E-state index contributed by atoms with van der Waals surface area (Å²) in [5.41, 5.74) is 10.7. The lowest BCUT2D eigenvalue weighted by Crippen LogP contribution is -2.45. The number of aromatic nitrogens is 2. The van der Waals surface area contributed by atoms with E-state index < -0.39 is 0 Å². The number of fused-ring (bicyclic) bond motifs is 1. The van der Waals surface area contributed by atoms with Gasteiger partial charge in [0.25, 0.3) is 0 Å². The fourth-order valence-corrected chi connectivity index (χ4v) is 3.06. The zero-order valence-electron chi connectivity index (χ0n) is 11.5. The molecule has 2 aromatic rings. The predicted molar refractivity (Wildman–Crippen MR) is 76.9 cm³/mol. The van der Waals surface area contributed by atoms with Gasteiger partial charge in [0.2, 0.25) is 0 Å². The standard InChI is InChI=1S/C16H21N3/c1-19-15(8-11-18-19)7-10-16(17)9-6-13-4-2-3-5-14(13)12-16/h2-5,8,11H,6-7,9-10,12,17H2,1H3. The Morgan fingerprint density at radius 1 is 1.26 bits per heavy atom. The topological polar surface area (TPSA) is 43.8 Å². The molecule has 1 aromatic carbocycles. The van der Waals surface area contributed by atoms with Crippen LogP contribution in [0.3, 0.4) is 0 Å². The fourth-order valence-electron chi connectivity index (χ4n) is 3.06. The van der Waals surface area contributed by atoms with Crippen molar-refractivity contribution in [2.24, 2.45) is 12.8 Å². The maximum Gasteiger partial charge on any atom is 0.0492 e.